The van der Waals surface area contributed by atoms with Gasteiger partial charge in [0.2, 0.25) is 0 Å². The third-order valence-electron chi connectivity index (χ3n) is 2.80. The molecule has 6 heteroatoms. The maximum atomic E-state index is 11.5. The molecule has 1 aliphatic rings. The average molecular weight is 256 g/mol. The van der Waals surface area contributed by atoms with Crippen LogP contribution in [0.25, 0.3) is 0 Å². The number of aliphatic hydroxyl groups is 1. The SMILES string of the molecule is CCOC(=O)c1cnc(N2CCC[C@H]2CO)s1. The maximum absolute atomic E-state index is 11.5. The summed E-state index contributed by atoms with van der Waals surface area (Å²) in [5, 5.41) is 10.0. The summed E-state index contributed by atoms with van der Waals surface area (Å²) < 4.78 is 4.92. The fourth-order valence-corrected chi connectivity index (χ4v) is 2.88. The Morgan fingerprint density at radius 3 is 3.29 bits per heavy atom. The van der Waals surface area contributed by atoms with Crippen molar-refractivity contribution < 1.29 is 14.6 Å². The van der Waals surface area contributed by atoms with Crippen LogP contribution in [0.1, 0.15) is 29.4 Å². The van der Waals surface area contributed by atoms with Crippen molar-refractivity contribution in [1.29, 1.82) is 0 Å². The first-order valence-electron chi connectivity index (χ1n) is 5.76. The highest BCUT2D eigenvalue weighted by Crippen LogP contribution is 2.29. The van der Waals surface area contributed by atoms with E-state index in [2.05, 4.69) is 9.88 Å². The first-order valence-corrected chi connectivity index (χ1v) is 6.58. The molecule has 0 bridgehead atoms. The van der Waals surface area contributed by atoms with Crippen molar-refractivity contribution >= 4 is 22.4 Å². The van der Waals surface area contributed by atoms with Crippen LogP contribution in [0.5, 0.6) is 0 Å². The summed E-state index contributed by atoms with van der Waals surface area (Å²) in [5.41, 5.74) is 0. The summed E-state index contributed by atoms with van der Waals surface area (Å²) >= 11 is 1.33. The van der Waals surface area contributed by atoms with Crippen molar-refractivity contribution in [2.75, 3.05) is 24.7 Å². The fraction of sp³-hybridized carbons (Fsp3) is 0.636. The molecule has 17 heavy (non-hydrogen) atoms. The van der Waals surface area contributed by atoms with Gasteiger partial charge < -0.3 is 14.7 Å². The minimum Gasteiger partial charge on any atom is -0.462 e. The first kappa shape index (κ1) is 12.3. The van der Waals surface area contributed by atoms with Gasteiger partial charge in [0.1, 0.15) is 4.88 Å². The summed E-state index contributed by atoms with van der Waals surface area (Å²) in [5.74, 6) is -0.323. The maximum Gasteiger partial charge on any atom is 0.350 e. The number of nitrogens with zero attached hydrogens (tertiary/aromatic N) is 2. The Morgan fingerprint density at radius 2 is 2.59 bits per heavy atom. The number of ether oxygens (including phenoxy) is 1. The molecule has 1 fully saturated rings. The van der Waals surface area contributed by atoms with Crippen molar-refractivity contribution in [2.45, 2.75) is 25.8 Å². The molecule has 0 aromatic carbocycles. The van der Waals surface area contributed by atoms with E-state index in [1.54, 1.807) is 13.1 Å². The van der Waals surface area contributed by atoms with Gasteiger partial charge in [0.25, 0.3) is 0 Å². The predicted octanol–water partition coefficient (Wildman–Crippen LogP) is 1.28. The van der Waals surface area contributed by atoms with Crippen LogP contribution in [0.3, 0.4) is 0 Å². The Morgan fingerprint density at radius 1 is 1.76 bits per heavy atom. The second-order valence-corrected chi connectivity index (χ2v) is 4.91. The Bertz CT molecular complexity index is 394. The van der Waals surface area contributed by atoms with Crippen LogP contribution in [0.4, 0.5) is 5.13 Å². The zero-order valence-electron chi connectivity index (χ0n) is 9.76. The number of esters is 1. The molecule has 0 aliphatic carbocycles. The van der Waals surface area contributed by atoms with Crippen LogP contribution in [0.15, 0.2) is 6.20 Å². The summed E-state index contributed by atoms with van der Waals surface area (Å²) in [6.07, 6.45) is 3.58. The van der Waals surface area contributed by atoms with Gasteiger partial charge in [0, 0.05) is 6.54 Å². The van der Waals surface area contributed by atoms with Gasteiger partial charge in [-0.05, 0) is 19.8 Å². The van der Waals surface area contributed by atoms with Gasteiger partial charge >= 0.3 is 5.97 Å². The molecule has 0 saturated carbocycles. The van der Waals surface area contributed by atoms with E-state index >= 15 is 0 Å². The van der Waals surface area contributed by atoms with E-state index in [-0.39, 0.29) is 18.6 Å². The summed E-state index contributed by atoms with van der Waals surface area (Å²) in [6, 6.07) is 0.135. The normalized spacial score (nSPS) is 19.6. The van der Waals surface area contributed by atoms with E-state index in [1.165, 1.54) is 11.3 Å². The van der Waals surface area contributed by atoms with Gasteiger partial charge in [-0.1, -0.05) is 11.3 Å². The van der Waals surface area contributed by atoms with Gasteiger partial charge in [-0.3, -0.25) is 0 Å². The Hall–Kier alpha value is -1.14. The second kappa shape index (κ2) is 5.46. The molecule has 5 nitrogen and oxygen atoms in total. The predicted molar refractivity (Wildman–Crippen MR) is 65.5 cm³/mol. The van der Waals surface area contributed by atoms with Crippen LogP contribution < -0.4 is 4.90 Å². The number of hydrogen-bond donors (Lipinski definition) is 1. The summed E-state index contributed by atoms with van der Waals surface area (Å²) in [6.45, 7) is 3.17. The monoisotopic (exact) mass is 256 g/mol. The van der Waals surface area contributed by atoms with Gasteiger partial charge in [-0.2, -0.15) is 0 Å². The van der Waals surface area contributed by atoms with E-state index in [9.17, 15) is 9.90 Å². The molecule has 1 aromatic rings. The third kappa shape index (κ3) is 2.58. The molecule has 1 atom stereocenters. The number of thiazole rings is 1. The smallest absolute Gasteiger partial charge is 0.350 e. The molecule has 2 heterocycles. The van der Waals surface area contributed by atoms with Crippen LogP contribution >= 0.6 is 11.3 Å². The van der Waals surface area contributed by atoms with E-state index in [0.717, 1.165) is 24.5 Å². The van der Waals surface area contributed by atoms with Crippen molar-refractivity contribution in [1.82, 2.24) is 4.98 Å². The van der Waals surface area contributed by atoms with E-state index < -0.39 is 0 Å². The molecule has 1 aromatic heterocycles. The van der Waals surface area contributed by atoms with E-state index in [4.69, 9.17) is 4.74 Å². The number of carbonyl (C=O) groups excluding carboxylic acids is 1. The lowest BCUT2D eigenvalue weighted by molar-refractivity contribution is 0.0532. The summed E-state index contributed by atoms with van der Waals surface area (Å²) in [4.78, 5) is 18.3. The highest BCUT2D eigenvalue weighted by molar-refractivity contribution is 7.17. The van der Waals surface area contributed by atoms with Gasteiger partial charge in [0.15, 0.2) is 5.13 Å². The number of anilines is 1. The van der Waals surface area contributed by atoms with Crippen LogP contribution in [0.2, 0.25) is 0 Å². The quantitative estimate of drug-likeness (QED) is 0.822. The lowest BCUT2D eigenvalue weighted by Gasteiger charge is -2.21. The molecule has 0 amide bonds. The minimum atomic E-state index is -0.323. The number of aromatic nitrogens is 1. The zero-order valence-corrected chi connectivity index (χ0v) is 10.6. The minimum absolute atomic E-state index is 0.133. The highest BCUT2D eigenvalue weighted by atomic mass is 32.1. The van der Waals surface area contributed by atoms with Crippen molar-refractivity contribution in [3.63, 3.8) is 0 Å². The lowest BCUT2D eigenvalue weighted by atomic mass is 10.2. The molecule has 0 radical (unpaired) electrons. The fourth-order valence-electron chi connectivity index (χ4n) is 1.97. The number of carbonyl (C=O) groups is 1. The molecule has 94 valence electrons. The highest BCUT2D eigenvalue weighted by Gasteiger charge is 2.26. The molecule has 0 spiro atoms. The van der Waals surface area contributed by atoms with Gasteiger partial charge in [0.05, 0.1) is 25.5 Å². The zero-order chi connectivity index (χ0) is 12.3. The van der Waals surface area contributed by atoms with E-state index in [1.807, 2.05) is 0 Å². The van der Waals surface area contributed by atoms with Gasteiger partial charge in [-0.25, -0.2) is 9.78 Å². The second-order valence-electron chi connectivity index (χ2n) is 3.90. The number of hydrogen-bond acceptors (Lipinski definition) is 6. The Balaban J connectivity index is 2.09. The Kier molecular flexibility index (Phi) is 3.96. The van der Waals surface area contributed by atoms with Crippen LogP contribution in [-0.2, 0) is 4.74 Å². The molecular weight excluding hydrogens is 240 g/mol. The van der Waals surface area contributed by atoms with Gasteiger partial charge in [-0.15, -0.1) is 0 Å². The van der Waals surface area contributed by atoms with Crippen LogP contribution in [-0.4, -0.2) is 41.9 Å². The largest absolute Gasteiger partial charge is 0.462 e. The number of rotatable bonds is 4. The molecular formula is C11H16N2O3S. The lowest BCUT2D eigenvalue weighted by Crippen LogP contribution is -2.31. The molecule has 0 unspecified atom stereocenters. The Labute approximate surface area is 104 Å². The average Bonchev–Trinajstić information content (AvgIpc) is 2.97. The molecule has 2 rings (SSSR count). The topological polar surface area (TPSA) is 62.7 Å². The summed E-state index contributed by atoms with van der Waals surface area (Å²) in [7, 11) is 0. The van der Waals surface area contributed by atoms with Crippen molar-refractivity contribution in [3.05, 3.63) is 11.1 Å². The van der Waals surface area contributed by atoms with Crippen molar-refractivity contribution in [2.24, 2.45) is 0 Å². The molecule has 1 N–H and O–H groups in total. The van der Waals surface area contributed by atoms with Crippen molar-refractivity contribution in [3.8, 4) is 0 Å². The van der Waals surface area contributed by atoms with Crippen LogP contribution in [0, 0.1) is 0 Å². The first-order chi connectivity index (χ1) is 8.26. The third-order valence-corrected chi connectivity index (χ3v) is 3.82. The number of aliphatic hydroxyl groups excluding tert-OH is 1. The standard InChI is InChI=1S/C11H16N2O3S/c1-2-16-10(15)9-6-12-11(17-9)13-5-3-4-8(13)7-14/h6,8,14H,2-5,7H2,1H3/t8-/m0/s1. The van der Waals surface area contributed by atoms with E-state index in [0.29, 0.717) is 11.5 Å². The molecule has 1 aliphatic heterocycles. The molecule has 1 saturated heterocycles.